The maximum atomic E-state index is 12.1. The van der Waals surface area contributed by atoms with Crippen molar-refractivity contribution in [1.82, 2.24) is 5.06 Å². The summed E-state index contributed by atoms with van der Waals surface area (Å²) >= 11 is 0. The summed E-state index contributed by atoms with van der Waals surface area (Å²) in [7, 11) is -5.04. The molecule has 0 bridgehead atoms. The predicted octanol–water partition coefficient (Wildman–Crippen LogP) is 7.52. The van der Waals surface area contributed by atoms with E-state index < -0.39 is 72.0 Å². The van der Waals surface area contributed by atoms with Gasteiger partial charge in [0, 0.05) is 19.4 Å². The van der Waals surface area contributed by atoms with Gasteiger partial charge in [0.05, 0.1) is 13.1 Å². The minimum atomic E-state index is -5.04. The Hall–Kier alpha value is -1.07. The van der Waals surface area contributed by atoms with Gasteiger partial charge in [-0.3, -0.25) is 4.79 Å². The number of nitrogens with zero attached hydrogens (tertiary/aromatic N) is 1. The molecule has 1 radical (unpaired) electrons. The Labute approximate surface area is 287 Å². The summed E-state index contributed by atoms with van der Waals surface area (Å²) in [4.78, 5) is 42.7. The molecule has 0 rings (SSSR count). The summed E-state index contributed by atoms with van der Waals surface area (Å²) in [5, 5.41) is 21.2. The zero-order chi connectivity index (χ0) is 39.3. The van der Waals surface area contributed by atoms with Crippen LogP contribution in [0.25, 0.3) is 0 Å². The SMILES string of the molecule is [2H]C([2H])([2H])CCCCCCCCCCCCC(=O)OC[C@@H](O)CN(C[C@H](O)COC(=[O+])CCCCCCCCCCCCC([2H])([2H])[2H])OP(=O)(O)O. The zero-order valence-electron chi connectivity index (χ0n) is 34.1. The van der Waals surface area contributed by atoms with Crippen molar-refractivity contribution < 1.29 is 56.5 Å². The minimum Gasteiger partial charge on any atom is -0.463 e. The number of carbonyl (C=O) groups is 2. The van der Waals surface area contributed by atoms with E-state index >= 15 is 0 Å². The van der Waals surface area contributed by atoms with Gasteiger partial charge >= 0.3 is 19.8 Å². The number of esters is 2. The fourth-order valence-electron chi connectivity index (χ4n) is 5.01. The summed E-state index contributed by atoms with van der Waals surface area (Å²) in [5.41, 5.74) is 0. The van der Waals surface area contributed by atoms with E-state index in [0.717, 1.165) is 116 Å². The maximum Gasteiger partial charge on any atom is 0.574 e. The first-order chi connectivity index (χ1) is 24.4. The molecule has 46 heavy (non-hydrogen) atoms. The highest BCUT2D eigenvalue weighted by molar-refractivity contribution is 7.46. The summed E-state index contributed by atoms with van der Waals surface area (Å²) in [5.74, 6) is -1.02. The molecule has 0 spiro atoms. The lowest BCUT2D eigenvalue weighted by atomic mass is 10.1. The van der Waals surface area contributed by atoms with Crippen LogP contribution in [-0.2, 0) is 28.3 Å². The van der Waals surface area contributed by atoms with Crippen molar-refractivity contribution in [3.63, 3.8) is 0 Å². The number of hydrogen-bond donors (Lipinski definition) is 4. The monoisotopic (exact) mass is 687 g/mol. The summed E-state index contributed by atoms with van der Waals surface area (Å²) in [6.07, 6.45) is 17.1. The number of phosphoric acid groups is 1. The molecule has 2 atom stereocenters. The number of rotatable bonds is 34. The van der Waals surface area contributed by atoms with E-state index in [1.165, 1.54) is 0 Å². The molecule has 0 aromatic heterocycles. The summed E-state index contributed by atoms with van der Waals surface area (Å²) < 4.78 is 69.4. The van der Waals surface area contributed by atoms with Crippen LogP contribution >= 0.6 is 7.82 Å². The van der Waals surface area contributed by atoms with Crippen molar-refractivity contribution in [2.75, 3.05) is 26.3 Å². The normalized spacial score (nSPS) is 15.7. The lowest BCUT2D eigenvalue weighted by Gasteiger charge is -2.25. The number of unbranched alkanes of at least 4 members (excludes halogenated alkanes) is 18. The molecule has 0 saturated heterocycles. The summed E-state index contributed by atoms with van der Waals surface area (Å²) in [6.45, 7) is -5.53. The quantitative estimate of drug-likeness (QED) is 0.0174. The van der Waals surface area contributed by atoms with Crippen LogP contribution in [0.2, 0.25) is 0 Å². The molecule has 0 aliphatic carbocycles. The number of hydrogen-bond acceptors (Lipinski definition) is 9. The fraction of sp³-hybridized carbons (Fsp3) is 0.941. The zero-order valence-corrected chi connectivity index (χ0v) is 29.0. The first-order valence-electron chi connectivity index (χ1n) is 20.5. The Balaban J connectivity index is 4.04. The molecule has 0 aromatic carbocycles. The molecule has 12 heteroatoms. The van der Waals surface area contributed by atoms with Crippen molar-refractivity contribution >= 4 is 19.8 Å². The lowest BCUT2D eigenvalue weighted by molar-refractivity contribution is -0.158. The molecule has 0 aliphatic rings. The Bertz CT molecular complexity index is 893. The minimum absolute atomic E-state index is 0.168. The van der Waals surface area contributed by atoms with Crippen LogP contribution in [0.3, 0.4) is 0 Å². The molecule has 0 fully saturated rings. The van der Waals surface area contributed by atoms with Crippen LogP contribution in [0, 0.1) is 0 Å². The van der Waals surface area contributed by atoms with Gasteiger partial charge in [-0.1, -0.05) is 142 Å². The van der Waals surface area contributed by atoms with Crippen LogP contribution in [-0.4, -0.2) is 75.5 Å². The van der Waals surface area contributed by atoms with Gasteiger partial charge in [-0.2, -0.15) is 9.69 Å². The van der Waals surface area contributed by atoms with E-state index in [0.29, 0.717) is 17.9 Å². The van der Waals surface area contributed by atoms with Gasteiger partial charge in [0.2, 0.25) is 6.61 Å². The molecule has 0 amide bonds. The van der Waals surface area contributed by atoms with Gasteiger partial charge in [-0.05, 0) is 12.8 Å². The third-order valence-corrected chi connectivity index (χ3v) is 7.98. The third kappa shape index (κ3) is 32.9. The van der Waals surface area contributed by atoms with E-state index in [-0.39, 0.29) is 25.7 Å². The first-order valence-corrected chi connectivity index (χ1v) is 19.1. The van der Waals surface area contributed by atoms with Crippen LogP contribution in [0.4, 0.5) is 0 Å². The topological polar surface area (TPSA) is 166 Å². The van der Waals surface area contributed by atoms with E-state index in [4.69, 9.17) is 17.7 Å². The van der Waals surface area contributed by atoms with Crippen LogP contribution in [0.5, 0.6) is 0 Å². The molecule has 0 aromatic rings. The van der Waals surface area contributed by atoms with Crippen molar-refractivity contribution in [3.05, 3.63) is 0 Å². The highest BCUT2D eigenvalue weighted by atomic mass is 31.2. The maximum absolute atomic E-state index is 12.1. The second-order valence-electron chi connectivity index (χ2n) is 12.2. The van der Waals surface area contributed by atoms with Gasteiger partial charge in [0.15, 0.2) is 0 Å². The third-order valence-electron chi connectivity index (χ3n) is 7.54. The number of carbonyl (C=O) groups excluding carboxylic acids is 2. The second-order valence-corrected chi connectivity index (χ2v) is 13.3. The van der Waals surface area contributed by atoms with Crippen molar-refractivity contribution in [3.8, 4) is 0 Å². The average Bonchev–Trinajstić information content (AvgIpc) is 3.02. The average molecular weight is 688 g/mol. The number of aliphatic hydroxyl groups is 2. The molecule has 11 nitrogen and oxygen atoms in total. The largest absolute Gasteiger partial charge is 0.574 e. The molecular formula is C34H68NO10P+. The van der Waals surface area contributed by atoms with Crippen LogP contribution < -0.4 is 0 Å². The van der Waals surface area contributed by atoms with Crippen molar-refractivity contribution in [2.24, 2.45) is 0 Å². The number of hydroxylamine groups is 2. The molecule has 0 unspecified atom stereocenters. The first kappa shape index (κ1) is 34.8. The van der Waals surface area contributed by atoms with Gasteiger partial charge in [0.25, 0.3) is 0 Å². The van der Waals surface area contributed by atoms with Crippen LogP contribution in [0.1, 0.15) is 176 Å². The van der Waals surface area contributed by atoms with Crippen molar-refractivity contribution in [1.29, 1.82) is 0 Å². The van der Waals surface area contributed by atoms with Gasteiger partial charge in [-0.25, -0.2) is 4.57 Å². The highest BCUT2D eigenvalue weighted by Gasteiger charge is 2.28. The van der Waals surface area contributed by atoms with Crippen molar-refractivity contribution in [2.45, 2.75) is 180 Å². The van der Waals surface area contributed by atoms with Gasteiger partial charge in [-0.15, -0.1) is 0 Å². The second kappa shape index (κ2) is 31.2. The Morgan fingerprint density at radius 3 is 1.43 bits per heavy atom. The Morgan fingerprint density at radius 1 is 0.652 bits per heavy atom. The standard InChI is InChI=1S/C34H68NO10P/c1-3-5-7-9-11-13-15-17-19-21-23-25-33(38)43-29-31(36)27-35(45-46(40,41)42)28-32(37)30-44-34(39)26-24-22-20-18-16-14-12-10-8-6-4-2/h31-32,36-37H,3-30H2,1-2H3,(H2,40,41,42)/q+1/t31-,32-/m0/s1/i1D3,2D3. The molecule has 0 saturated carbocycles. The van der Waals surface area contributed by atoms with E-state index in [9.17, 15) is 34.2 Å². The lowest BCUT2D eigenvalue weighted by Crippen LogP contribution is -2.40. The molecule has 273 valence electrons. The Morgan fingerprint density at radius 2 is 1.02 bits per heavy atom. The number of aliphatic hydroxyl groups excluding tert-OH is 2. The van der Waals surface area contributed by atoms with E-state index in [1.54, 1.807) is 0 Å². The number of ether oxygens (including phenoxy) is 2. The van der Waals surface area contributed by atoms with Crippen LogP contribution in [0.15, 0.2) is 0 Å². The smallest absolute Gasteiger partial charge is 0.463 e. The summed E-state index contributed by atoms with van der Waals surface area (Å²) in [6, 6.07) is 0. The van der Waals surface area contributed by atoms with E-state index in [1.807, 2.05) is 0 Å². The molecule has 0 aliphatic heterocycles. The van der Waals surface area contributed by atoms with Gasteiger partial charge < -0.3 is 29.5 Å². The molecular weight excluding hydrogens is 613 g/mol. The van der Waals surface area contributed by atoms with E-state index in [2.05, 4.69) is 4.62 Å². The predicted molar refractivity (Wildman–Crippen MR) is 181 cm³/mol. The Kier molecular flexibility index (Phi) is 23.6. The fourth-order valence-corrected chi connectivity index (χ4v) is 5.44. The molecule has 4 N–H and O–H groups in total. The molecule has 0 heterocycles. The van der Waals surface area contributed by atoms with Gasteiger partial charge in [0.1, 0.15) is 25.2 Å². The highest BCUT2D eigenvalue weighted by Crippen LogP contribution is 2.37.